The molecule has 2 aromatic rings. The Kier molecular flexibility index (Phi) is 5.17. The van der Waals surface area contributed by atoms with Gasteiger partial charge in [0, 0.05) is 34.9 Å². The first-order chi connectivity index (χ1) is 9.94. The highest BCUT2D eigenvalue weighted by Gasteiger charge is 2.16. The van der Waals surface area contributed by atoms with E-state index in [1.807, 2.05) is 11.8 Å². The summed E-state index contributed by atoms with van der Waals surface area (Å²) in [7, 11) is 0. The summed E-state index contributed by atoms with van der Waals surface area (Å²) < 4.78 is 2.61. The first kappa shape index (κ1) is 16.2. The van der Waals surface area contributed by atoms with Gasteiger partial charge in [-0.25, -0.2) is 0 Å². The van der Waals surface area contributed by atoms with E-state index in [0.29, 0.717) is 0 Å². The van der Waals surface area contributed by atoms with Gasteiger partial charge in [0.05, 0.1) is 0 Å². The number of aryl methyl sites for hydroxylation is 1. The summed E-state index contributed by atoms with van der Waals surface area (Å²) in [5, 5.41) is 3.59. The van der Waals surface area contributed by atoms with Crippen LogP contribution in [0.25, 0.3) is 5.69 Å². The predicted octanol–water partition coefficient (Wildman–Crippen LogP) is 4.33. The Labute approximate surface area is 133 Å². The molecule has 1 N–H and O–H groups in total. The molecule has 0 spiro atoms. The van der Waals surface area contributed by atoms with E-state index in [0.717, 1.165) is 13.1 Å². The second-order valence-electron chi connectivity index (χ2n) is 6.13. The van der Waals surface area contributed by atoms with Gasteiger partial charge < -0.3 is 9.88 Å². The fraction of sp³-hybridized carbons (Fsp3) is 0.444. The Balaban J connectivity index is 2.13. The third-order valence-electron chi connectivity index (χ3n) is 3.97. The molecule has 114 valence electrons. The third kappa shape index (κ3) is 3.92. The fourth-order valence-corrected chi connectivity index (χ4v) is 2.80. The average molecular weight is 302 g/mol. The van der Waals surface area contributed by atoms with E-state index in [2.05, 4.69) is 80.2 Å². The quantitative estimate of drug-likeness (QED) is 0.855. The number of nitrogens with one attached hydrogen (secondary N) is 1. The predicted molar refractivity (Wildman–Crippen MR) is 94.5 cm³/mol. The van der Waals surface area contributed by atoms with Crippen molar-refractivity contribution in [1.29, 1.82) is 0 Å². The molecule has 0 fully saturated rings. The van der Waals surface area contributed by atoms with Gasteiger partial charge in [0.2, 0.25) is 0 Å². The molecule has 0 aliphatic heterocycles. The van der Waals surface area contributed by atoms with Gasteiger partial charge in [-0.15, -0.1) is 0 Å². The lowest BCUT2D eigenvalue weighted by Gasteiger charge is -2.22. The summed E-state index contributed by atoms with van der Waals surface area (Å²) in [5.41, 5.74) is 5.24. The van der Waals surface area contributed by atoms with Crippen molar-refractivity contribution in [2.75, 3.05) is 12.8 Å². The van der Waals surface area contributed by atoms with Gasteiger partial charge in [-0.05, 0) is 57.7 Å². The van der Waals surface area contributed by atoms with Crippen LogP contribution in [-0.4, -0.2) is 22.1 Å². The lowest BCUT2D eigenvalue weighted by Crippen LogP contribution is -2.31. The number of aromatic nitrogens is 1. The molecule has 0 unspecified atom stereocenters. The number of thioether (sulfide) groups is 1. The molecule has 0 amide bonds. The maximum absolute atomic E-state index is 3.59. The minimum Gasteiger partial charge on any atom is -0.318 e. The molecule has 2 rings (SSSR count). The van der Waals surface area contributed by atoms with Crippen LogP contribution in [-0.2, 0) is 6.54 Å². The largest absolute Gasteiger partial charge is 0.318 e. The van der Waals surface area contributed by atoms with Crippen LogP contribution < -0.4 is 5.32 Å². The number of hydrogen-bond acceptors (Lipinski definition) is 2. The molecule has 0 aliphatic carbocycles. The fourth-order valence-electron chi connectivity index (χ4n) is 2.55. The zero-order valence-corrected chi connectivity index (χ0v) is 14.6. The Hall–Kier alpha value is -1.19. The van der Waals surface area contributed by atoms with E-state index in [4.69, 9.17) is 0 Å². The molecule has 0 atom stereocenters. The van der Waals surface area contributed by atoms with Gasteiger partial charge in [0.1, 0.15) is 0 Å². The average Bonchev–Trinajstić information content (AvgIpc) is 2.74. The highest BCUT2D eigenvalue weighted by Crippen LogP contribution is 2.22. The lowest BCUT2D eigenvalue weighted by atomic mass is 10.2. The Morgan fingerprint density at radius 3 is 2.43 bits per heavy atom. The number of nitrogens with zero attached hydrogens (tertiary/aromatic N) is 1. The van der Waals surface area contributed by atoms with Crippen molar-refractivity contribution >= 4 is 11.8 Å². The summed E-state index contributed by atoms with van der Waals surface area (Å²) >= 11 is 1.90. The number of benzene rings is 1. The molecule has 0 aliphatic rings. The van der Waals surface area contributed by atoms with Crippen molar-refractivity contribution in [2.24, 2.45) is 0 Å². The Bertz CT molecular complexity index is 585. The smallest absolute Gasteiger partial charge is 0.0455 e. The van der Waals surface area contributed by atoms with E-state index in [1.165, 1.54) is 22.6 Å². The minimum atomic E-state index is 0.283. The summed E-state index contributed by atoms with van der Waals surface area (Å²) in [6, 6.07) is 12.9. The molecule has 3 heteroatoms. The molecule has 0 saturated heterocycles. The summed E-state index contributed by atoms with van der Waals surface area (Å²) in [6.07, 6.45) is 2.17. The molecule has 0 bridgehead atoms. The van der Waals surface area contributed by atoms with Crippen LogP contribution in [0.15, 0.2) is 36.4 Å². The van der Waals surface area contributed by atoms with E-state index < -0.39 is 0 Å². The van der Waals surface area contributed by atoms with Crippen LogP contribution >= 0.6 is 11.8 Å². The molecular weight excluding hydrogens is 276 g/mol. The second kappa shape index (κ2) is 6.71. The first-order valence-corrected chi connectivity index (χ1v) is 8.66. The van der Waals surface area contributed by atoms with Crippen molar-refractivity contribution in [1.82, 2.24) is 9.88 Å². The zero-order valence-electron chi connectivity index (χ0n) is 13.7. The second-order valence-corrected chi connectivity index (χ2v) is 7.65. The van der Waals surface area contributed by atoms with Gasteiger partial charge in [0.15, 0.2) is 0 Å². The third-order valence-corrected chi connectivity index (χ3v) is 5.22. The van der Waals surface area contributed by atoms with Crippen LogP contribution in [0.3, 0.4) is 0 Å². The SMILES string of the molecule is CSC(C)(C)CNCc1cc(C)n(-c2ccccc2)c1C. The topological polar surface area (TPSA) is 17.0 Å². The number of hydrogen-bond donors (Lipinski definition) is 1. The first-order valence-electron chi connectivity index (χ1n) is 7.44. The number of para-hydroxylation sites is 1. The summed E-state index contributed by atoms with van der Waals surface area (Å²) in [5.74, 6) is 0. The van der Waals surface area contributed by atoms with Crippen molar-refractivity contribution in [3.05, 3.63) is 53.3 Å². The zero-order chi connectivity index (χ0) is 15.5. The standard InChI is InChI=1S/C18H26N2S/c1-14-11-16(12-19-13-18(3,4)21-5)15(2)20(14)17-9-7-6-8-10-17/h6-11,19H,12-13H2,1-5H3. The normalized spacial score (nSPS) is 11.9. The Morgan fingerprint density at radius 1 is 1.14 bits per heavy atom. The minimum absolute atomic E-state index is 0.283. The molecule has 0 radical (unpaired) electrons. The van der Waals surface area contributed by atoms with E-state index in [9.17, 15) is 0 Å². The van der Waals surface area contributed by atoms with Crippen molar-refractivity contribution in [3.63, 3.8) is 0 Å². The van der Waals surface area contributed by atoms with Gasteiger partial charge >= 0.3 is 0 Å². The highest BCUT2D eigenvalue weighted by molar-refractivity contribution is 7.99. The van der Waals surface area contributed by atoms with Gasteiger partial charge in [0.25, 0.3) is 0 Å². The molecule has 1 heterocycles. The maximum Gasteiger partial charge on any atom is 0.0455 e. The van der Waals surface area contributed by atoms with Gasteiger partial charge in [-0.1, -0.05) is 18.2 Å². The molecule has 2 nitrogen and oxygen atoms in total. The monoisotopic (exact) mass is 302 g/mol. The molecular formula is C18H26N2S. The van der Waals surface area contributed by atoms with Crippen molar-refractivity contribution < 1.29 is 0 Å². The molecule has 1 aromatic heterocycles. The van der Waals surface area contributed by atoms with E-state index in [-0.39, 0.29) is 4.75 Å². The Morgan fingerprint density at radius 2 is 1.81 bits per heavy atom. The highest BCUT2D eigenvalue weighted by atomic mass is 32.2. The molecule has 1 aromatic carbocycles. The van der Waals surface area contributed by atoms with Crippen LogP contribution in [0.1, 0.15) is 30.8 Å². The lowest BCUT2D eigenvalue weighted by molar-refractivity contribution is 0.589. The van der Waals surface area contributed by atoms with Crippen LogP contribution in [0, 0.1) is 13.8 Å². The van der Waals surface area contributed by atoms with Crippen LogP contribution in [0.5, 0.6) is 0 Å². The van der Waals surface area contributed by atoms with Crippen molar-refractivity contribution in [3.8, 4) is 5.69 Å². The summed E-state index contributed by atoms with van der Waals surface area (Å²) in [4.78, 5) is 0. The number of rotatable bonds is 6. The molecule has 21 heavy (non-hydrogen) atoms. The summed E-state index contributed by atoms with van der Waals surface area (Å²) in [6.45, 7) is 10.9. The molecule has 0 saturated carbocycles. The van der Waals surface area contributed by atoms with E-state index in [1.54, 1.807) is 0 Å². The van der Waals surface area contributed by atoms with Crippen LogP contribution in [0.2, 0.25) is 0 Å². The van der Waals surface area contributed by atoms with E-state index >= 15 is 0 Å². The van der Waals surface area contributed by atoms with Crippen molar-refractivity contribution in [2.45, 2.75) is 39.0 Å². The van der Waals surface area contributed by atoms with Gasteiger partial charge in [-0.2, -0.15) is 11.8 Å². The van der Waals surface area contributed by atoms with Crippen LogP contribution in [0.4, 0.5) is 0 Å². The van der Waals surface area contributed by atoms with Gasteiger partial charge in [-0.3, -0.25) is 0 Å². The maximum atomic E-state index is 3.59.